The van der Waals surface area contributed by atoms with Gasteiger partial charge in [-0.3, -0.25) is 9.59 Å². The summed E-state index contributed by atoms with van der Waals surface area (Å²) in [6.45, 7) is 3.20. The Morgan fingerprint density at radius 2 is 1.61 bits per heavy atom. The quantitative estimate of drug-likeness (QED) is 0.522. The van der Waals surface area contributed by atoms with E-state index in [9.17, 15) is 9.59 Å². The Morgan fingerprint density at radius 1 is 1.00 bits per heavy atom. The van der Waals surface area contributed by atoms with Gasteiger partial charge in [0.1, 0.15) is 0 Å². The Bertz CT molecular complexity index is 974. The van der Waals surface area contributed by atoms with Gasteiger partial charge in [0.15, 0.2) is 0 Å². The van der Waals surface area contributed by atoms with E-state index < -0.39 is 5.25 Å². The van der Waals surface area contributed by atoms with E-state index in [1.54, 1.807) is 31.2 Å². The van der Waals surface area contributed by atoms with Crippen molar-refractivity contribution in [1.82, 2.24) is 10.2 Å². The maximum absolute atomic E-state index is 12.4. The molecule has 0 spiro atoms. The summed E-state index contributed by atoms with van der Waals surface area (Å²) >= 11 is 4.56. The smallest absolute Gasteiger partial charge is 0.277 e. The number of rotatable bonds is 6. The number of hydrogen-bond donors (Lipinski definition) is 2. The third-order valence-corrected chi connectivity index (χ3v) is 5.08. The minimum atomic E-state index is -0.437. The fraction of sp³-hybridized carbons (Fsp3) is 0.158. The standard InChI is InChI=1S/C19H17BrN4O3S/c1-11(17(26)22-16-9-7-15(8-10-16)21-12(2)25)28-19-24-23-18(27-19)13-3-5-14(20)6-4-13/h3-11H,1-2H3,(H,21,25)(H,22,26)/t11-/m0/s1. The highest BCUT2D eigenvalue weighted by atomic mass is 79.9. The summed E-state index contributed by atoms with van der Waals surface area (Å²) in [5.41, 5.74) is 2.10. The van der Waals surface area contributed by atoms with Gasteiger partial charge in [-0.2, -0.15) is 0 Å². The molecule has 3 aromatic rings. The lowest BCUT2D eigenvalue weighted by molar-refractivity contribution is -0.115. The van der Waals surface area contributed by atoms with Crippen molar-refractivity contribution >= 4 is 50.9 Å². The number of thioether (sulfide) groups is 1. The molecule has 0 aliphatic carbocycles. The molecular weight excluding hydrogens is 444 g/mol. The van der Waals surface area contributed by atoms with Crippen molar-refractivity contribution in [1.29, 1.82) is 0 Å². The van der Waals surface area contributed by atoms with Crippen LogP contribution in [0.15, 0.2) is 62.6 Å². The molecule has 1 heterocycles. The molecule has 1 aromatic heterocycles. The van der Waals surface area contributed by atoms with E-state index in [0.717, 1.165) is 10.0 Å². The molecule has 0 saturated heterocycles. The number of carbonyl (C=O) groups excluding carboxylic acids is 2. The van der Waals surface area contributed by atoms with Crippen LogP contribution in [0.4, 0.5) is 11.4 Å². The highest BCUT2D eigenvalue weighted by Gasteiger charge is 2.19. The van der Waals surface area contributed by atoms with E-state index in [1.807, 2.05) is 24.3 Å². The number of carbonyl (C=O) groups is 2. The lowest BCUT2D eigenvalue weighted by atomic mass is 10.2. The molecule has 9 heteroatoms. The van der Waals surface area contributed by atoms with E-state index in [-0.39, 0.29) is 11.8 Å². The third-order valence-electron chi connectivity index (χ3n) is 3.62. The summed E-state index contributed by atoms with van der Waals surface area (Å²) in [7, 11) is 0. The van der Waals surface area contributed by atoms with Gasteiger partial charge in [-0.15, -0.1) is 10.2 Å². The Morgan fingerprint density at radius 3 is 2.21 bits per heavy atom. The normalized spacial score (nSPS) is 11.7. The van der Waals surface area contributed by atoms with Crippen molar-refractivity contribution in [2.45, 2.75) is 24.3 Å². The Hall–Kier alpha value is -2.65. The Labute approximate surface area is 174 Å². The van der Waals surface area contributed by atoms with Crippen molar-refractivity contribution < 1.29 is 14.0 Å². The first-order valence-electron chi connectivity index (χ1n) is 8.35. The van der Waals surface area contributed by atoms with Crippen molar-refractivity contribution in [2.24, 2.45) is 0 Å². The van der Waals surface area contributed by atoms with Gasteiger partial charge >= 0.3 is 0 Å². The molecule has 2 N–H and O–H groups in total. The van der Waals surface area contributed by atoms with E-state index in [2.05, 4.69) is 36.8 Å². The predicted octanol–water partition coefficient (Wildman–Crippen LogP) is 4.58. The minimum Gasteiger partial charge on any atom is -0.411 e. The zero-order chi connectivity index (χ0) is 20.1. The maximum atomic E-state index is 12.4. The topological polar surface area (TPSA) is 97.1 Å². The second-order valence-corrected chi connectivity index (χ2v) is 8.10. The molecule has 0 aliphatic rings. The van der Waals surface area contributed by atoms with Gasteiger partial charge in [0.2, 0.25) is 17.7 Å². The van der Waals surface area contributed by atoms with Crippen LogP contribution in [0.3, 0.4) is 0 Å². The molecule has 2 amide bonds. The van der Waals surface area contributed by atoms with Crippen LogP contribution < -0.4 is 10.6 Å². The lowest BCUT2D eigenvalue weighted by Gasteiger charge is -2.10. The van der Waals surface area contributed by atoms with Crippen molar-refractivity contribution in [3.05, 3.63) is 53.0 Å². The molecular formula is C19H17BrN4O3S. The maximum Gasteiger partial charge on any atom is 0.277 e. The minimum absolute atomic E-state index is 0.149. The third kappa shape index (κ3) is 5.43. The Kier molecular flexibility index (Phi) is 6.48. The van der Waals surface area contributed by atoms with E-state index in [1.165, 1.54) is 18.7 Å². The second-order valence-electron chi connectivity index (χ2n) is 5.89. The summed E-state index contributed by atoms with van der Waals surface area (Å²) in [5, 5.41) is 13.4. The van der Waals surface area contributed by atoms with Gasteiger partial charge in [0.05, 0.1) is 5.25 Å². The first-order valence-corrected chi connectivity index (χ1v) is 10.0. The fourth-order valence-electron chi connectivity index (χ4n) is 2.26. The molecule has 1 atom stereocenters. The molecule has 3 rings (SSSR count). The van der Waals surface area contributed by atoms with Gasteiger partial charge in [0.25, 0.3) is 5.22 Å². The number of nitrogens with one attached hydrogen (secondary N) is 2. The molecule has 0 bridgehead atoms. The van der Waals surface area contributed by atoms with Crippen LogP contribution >= 0.6 is 27.7 Å². The number of halogens is 1. The SMILES string of the molecule is CC(=O)Nc1ccc(NC(=O)[C@H](C)Sc2nnc(-c3ccc(Br)cc3)o2)cc1. The van der Waals surface area contributed by atoms with Gasteiger partial charge in [-0.1, -0.05) is 27.7 Å². The number of anilines is 2. The molecule has 0 aliphatic heterocycles. The molecule has 0 saturated carbocycles. The molecule has 28 heavy (non-hydrogen) atoms. The average Bonchev–Trinajstić information content (AvgIpc) is 3.12. The molecule has 7 nitrogen and oxygen atoms in total. The number of nitrogens with zero attached hydrogens (tertiary/aromatic N) is 2. The van der Waals surface area contributed by atoms with Crippen LogP contribution in [0, 0.1) is 0 Å². The van der Waals surface area contributed by atoms with Gasteiger partial charge in [-0.25, -0.2) is 0 Å². The summed E-state index contributed by atoms with van der Waals surface area (Å²) < 4.78 is 6.60. The monoisotopic (exact) mass is 460 g/mol. The Balaban J connectivity index is 1.58. The van der Waals surface area contributed by atoms with Crippen LogP contribution in [-0.4, -0.2) is 27.3 Å². The number of benzene rings is 2. The number of aromatic nitrogens is 2. The van der Waals surface area contributed by atoms with Crippen LogP contribution in [0.25, 0.3) is 11.5 Å². The molecule has 2 aromatic carbocycles. The van der Waals surface area contributed by atoms with Crippen molar-refractivity contribution in [3.8, 4) is 11.5 Å². The summed E-state index contributed by atoms with van der Waals surface area (Å²) in [6.07, 6.45) is 0. The predicted molar refractivity (Wildman–Crippen MR) is 112 cm³/mol. The largest absolute Gasteiger partial charge is 0.411 e. The fourth-order valence-corrected chi connectivity index (χ4v) is 3.20. The zero-order valence-corrected chi connectivity index (χ0v) is 17.5. The zero-order valence-electron chi connectivity index (χ0n) is 15.1. The molecule has 0 unspecified atom stereocenters. The molecule has 144 valence electrons. The highest BCUT2D eigenvalue weighted by Crippen LogP contribution is 2.27. The molecule has 0 fully saturated rings. The van der Waals surface area contributed by atoms with E-state index in [4.69, 9.17) is 4.42 Å². The highest BCUT2D eigenvalue weighted by molar-refractivity contribution is 9.10. The second kappa shape index (κ2) is 9.03. The summed E-state index contributed by atoms with van der Waals surface area (Å²) in [4.78, 5) is 23.4. The van der Waals surface area contributed by atoms with Crippen LogP contribution in [0.1, 0.15) is 13.8 Å². The van der Waals surface area contributed by atoms with Gasteiger partial charge in [0, 0.05) is 28.3 Å². The van der Waals surface area contributed by atoms with Gasteiger partial charge < -0.3 is 15.1 Å². The van der Waals surface area contributed by atoms with Crippen LogP contribution in [-0.2, 0) is 9.59 Å². The van der Waals surface area contributed by atoms with E-state index in [0.29, 0.717) is 22.5 Å². The summed E-state index contributed by atoms with van der Waals surface area (Å²) in [6, 6.07) is 14.4. The van der Waals surface area contributed by atoms with Crippen LogP contribution in [0.5, 0.6) is 0 Å². The van der Waals surface area contributed by atoms with Crippen molar-refractivity contribution in [2.75, 3.05) is 10.6 Å². The first kappa shape index (κ1) is 20.1. The van der Waals surface area contributed by atoms with Gasteiger partial charge in [-0.05, 0) is 55.5 Å². The lowest BCUT2D eigenvalue weighted by Crippen LogP contribution is -2.22. The molecule has 0 radical (unpaired) electrons. The van der Waals surface area contributed by atoms with E-state index >= 15 is 0 Å². The number of hydrogen-bond acceptors (Lipinski definition) is 6. The first-order chi connectivity index (χ1) is 13.4. The van der Waals surface area contributed by atoms with Crippen molar-refractivity contribution in [3.63, 3.8) is 0 Å². The average molecular weight is 461 g/mol. The number of amides is 2. The van der Waals surface area contributed by atoms with Crippen LogP contribution in [0.2, 0.25) is 0 Å². The summed E-state index contributed by atoms with van der Waals surface area (Å²) in [5.74, 6) is 0.0562.